The summed E-state index contributed by atoms with van der Waals surface area (Å²) in [5.41, 5.74) is 6.54. The first-order valence-corrected chi connectivity index (χ1v) is 6.21. The highest BCUT2D eigenvalue weighted by molar-refractivity contribution is 5.92. The number of primary amides is 1. The van der Waals surface area contributed by atoms with Gasteiger partial charge in [0.1, 0.15) is 0 Å². The summed E-state index contributed by atoms with van der Waals surface area (Å²) in [6, 6.07) is 6.98. The lowest BCUT2D eigenvalue weighted by Crippen LogP contribution is -2.28. The minimum absolute atomic E-state index is 0.0225. The molecule has 3 N–H and O–H groups in total. The first kappa shape index (κ1) is 14.2. The SMILES string of the molecule is CCCC(C)C(=O)NCc1cccc(C(N)=O)c1. The predicted octanol–water partition coefficient (Wildman–Crippen LogP) is 1.84. The maximum Gasteiger partial charge on any atom is 0.248 e. The number of hydrogen-bond donors (Lipinski definition) is 2. The Bertz CT molecular complexity index is 430. The smallest absolute Gasteiger partial charge is 0.248 e. The summed E-state index contributed by atoms with van der Waals surface area (Å²) >= 11 is 0. The first-order chi connectivity index (χ1) is 8.54. The minimum Gasteiger partial charge on any atom is -0.366 e. The van der Waals surface area contributed by atoms with Gasteiger partial charge >= 0.3 is 0 Å². The van der Waals surface area contributed by atoms with E-state index in [0.29, 0.717) is 12.1 Å². The molecule has 0 saturated carbocycles. The fourth-order valence-corrected chi connectivity index (χ4v) is 1.76. The van der Waals surface area contributed by atoms with E-state index in [-0.39, 0.29) is 11.8 Å². The molecule has 0 bridgehead atoms. The van der Waals surface area contributed by atoms with Crippen LogP contribution in [0.4, 0.5) is 0 Å². The topological polar surface area (TPSA) is 72.2 Å². The molecule has 0 heterocycles. The summed E-state index contributed by atoms with van der Waals surface area (Å²) < 4.78 is 0. The Balaban J connectivity index is 2.55. The molecule has 0 saturated heterocycles. The van der Waals surface area contributed by atoms with Gasteiger partial charge in [0.2, 0.25) is 11.8 Å². The second-order valence-electron chi connectivity index (χ2n) is 4.47. The van der Waals surface area contributed by atoms with Gasteiger partial charge in [0.15, 0.2) is 0 Å². The highest BCUT2D eigenvalue weighted by Gasteiger charge is 2.11. The quantitative estimate of drug-likeness (QED) is 0.806. The summed E-state index contributed by atoms with van der Waals surface area (Å²) in [7, 11) is 0. The molecule has 1 aromatic rings. The molecule has 0 aliphatic rings. The van der Waals surface area contributed by atoms with Crippen molar-refractivity contribution >= 4 is 11.8 Å². The summed E-state index contributed by atoms with van der Waals surface area (Å²) in [6.07, 6.45) is 1.87. The Morgan fingerprint density at radius 1 is 1.39 bits per heavy atom. The zero-order chi connectivity index (χ0) is 13.5. The molecule has 1 unspecified atom stereocenters. The molecule has 4 nitrogen and oxygen atoms in total. The average Bonchev–Trinajstić information content (AvgIpc) is 2.36. The van der Waals surface area contributed by atoms with Crippen molar-refractivity contribution in [3.05, 3.63) is 35.4 Å². The van der Waals surface area contributed by atoms with E-state index in [9.17, 15) is 9.59 Å². The molecule has 1 aromatic carbocycles. The van der Waals surface area contributed by atoms with E-state index in [1.54, 1.807) is 18.2 Å². The first-order valence-electron chi connectivity index (χ1n) is 6.21. The van der Waals surface area contributed by atoms with Crippen LogP contribution in [0.3, 0.4) is 0 Å². The number of rotatable bonds is 6. The van der Waals surface area contributed by atoms with Crippen molar-refractivity contribution in [2.75, 3.05) is 0 Å². The summed E-state index contributed by atoms with van der Waals surface area (Å²) in [5, 5.41) is 2.86. The number of nitrogens with two attached hydrogens (primary N) is 1. The number of hydrogen-bond acceptors (Lipinski definition) is 2. The largest absolute Gasteiger partial charge is 0.366 e. The van der Waals surface area contributed by atoms with Gasteiger partial charge in [-0.3, -0.25) is 9.59 Å². The van der Waals surface area contributed by atoms with Gasteiger partial charge in [-0.05, 0) is 24.1 Å². The Kier molecular flexibility index (Phi) is 5.36. The molecule has 0 spiro atoms. The molecular formula is C14H20N2O2. The van der Waals surface area contributed by atoms with Gasteiger partial charge in [-0.25, -0.2) is 0 Å². The Morgan fingerprint density at radius 3 is 2.72 bits per heavy atom. The van der Waals surface area contributed by atoms with Crippen LogP contribution in [0.2, 0.25) is 0 Å². The van der Waals surface area contributed by atoms with Crippen molar-refractivity contribution in [1.82, 2.24) is 5.32 Å². The molecule has 2 amide bonds. The van der Waals surface area contributed by atoms with Crippen LogP contribution in [0.1, 0.15) is 42.6 Å². The van der Waals surface area contributed by atoms with E-state index in [0.717, 1.165) is 18.4 Å². The molecule has 18 heavy (non-hydrogen) atoms. The number of carbonyl (C=O) groups is 2. The standard InChI is InChI=1S/C14H20N2O2/c1-3-5-10(2)14(18)16-9-11-6-4-7-12(8-11)13(15)17/h4,6-8,10H,3,5,9H2,1-2H3,(H2,15,17)(H,16,18). The number of carbonyl (C=O) groups excluding carboxylic acids is 2. The van der Waals surface area contributed by atoms with Gasteiger partial charge in [-0.1, -0.05) is 32.4 Å². The average molecular weight is 248 g/mol. The zero-order valence-corrected chi connectivity index (χ0v) is 10.9. The van der Waals surface area contributed by atoms with Crippen molar-refractivity contribution < 1.29 is 9.59 Å². The van der Waals surface area contributed by atoms with E-state index in [2.05, 4.69) is 12.2 Å². The second kappa shape index (κ2) is 6.79. The van der Waals surface area contributed by atoms with Crippen LogP contribution in [0.25, 0.3) is 0 Å². The van der Waals surface area contributed by atoms with Crippen LogP contribution in [0.15, 0.2) is 24.3 Å². The van der Waals surface area contributed by atoms with Crippen molar-refractivity contribution in [2.45, 2.75) is 33.2 Å². The van der Waals surface area contributed by atoms with Crippen LogP contribution in [0, 0.1) is 5.92 Å². The maximum absolute atomic E-state index is 11.7. The lowest BCUT2D eigenvalue weighted by atomic mass is 10.1. The van der Waals surface area contributed by atoms with Crippen LogP contribution in [-0.2, 0) is 11.3 Å². The molecule has 0 fully saturated rings. The van der Waals surface area contributed by atoms with Gasteiger partial charge in [-0.15, -0.1) is 0 Å². The maximum atomic E-state index is 11.7. The molecule has 0 aliphatic carbocycles. The fourth-order valence-electron chi connectivity index (χ4n) is 1.76. The van der Waals surface area contributed by atoms with E-state index >= 15 is 0 Å². The number of amides is 2. The Labute approximate surface area is 108 Å². The molecule has 0 radical (unpaired) electrons. The zero-order valence-electron chi connectivity index (χ0n) is 10.9. The lowest BCUT2D eigenvalue weighted by molar-refractivity contribution is -0.124. The van der Waals surface area contributed by atoms with Crippen LogP contribution >= 0.6 is 0 Å². The monoisotopic (exact) mass is 248 g/mol. The third-order valence-electron chi connectivity index (χ3n) is 2.85. The normalized spacial score (nSPS) is 11.9. The third kappa shape index (κ3) is 4.20. The molecule has 98 valence electrons. The molecule has 0 aromatic heterocycles. The summed E-state index contributed by atoms with van der Waals surface area (Å²) in [4.78, 5) is 22.7. The molecule has 1 rings (SSSR count). The van der Waals surface area contributed by atoms with E-state index in [4.69, 9.17) is 5.73 Å². The van der Waals surface area contributed by atoms with E-state index in [1.165, 1.54) is 0 Å². The minimum atomic E-state index is -0.456. The molecule has 4 heteroatoms. The van der Waals surface area contributed by atoms with Gasteiger partial charge in [-0.2, -0.15) is 0 Å². The van der Waals surface area contributed by atoms with E-state index < -0.39 is 5.91 Å². The van der Waals surface area contributed by atoms with Gasteiger partial charge in [0.25, 0.3) is 0 Å². The van der Waals surface area contributed by atoms with Crippen molar-refractivity contribution in [3.8, 4) is 0 Å². The van der Waals surface area contributed by atoms with Crippen molar-refractivity contribution in [2.24, 2.45) is 11.7 Å². The summed E-state index contributed by atoms with van der Waals surface area (Å²) in [6.45, 7) is 4.40. The van der Waals surface area contributed by atoms with Gasteiger partial charge in [0.05, 0.1) is 0 Å². The van der Waals surface area contributed by atoms with Crippen LogP contribution in [0.5, 0.6) is 0 Å². The summed E-state index contributed by atoms with van der Waals surface area (Å²) in [5.74, 6) is -0.391. The van der Waals surface area contributed by atoms with Crippen molar-refractivity contribution in [1.29, 1.82) is 0 Å². The Morgan fingerprint density at radius 2 is 2.11 bits per heavy atom. The van der Waals surface area contributed by atoms with Crippen molar-refractivity contribution in [3.63, 3.8) is 0 Å². The fraction of sp³-hybridized carbons (Fsp3) is 0.429. The number of nitrogens with one attached hydrogen (secondary N) is 1. The van der Waals surface area contributed by atoms with E-state index in [1.807, 2.05) is 13.0 Å². The molecule has 1 atom stereocenters. The predicted molar refractivity (Wildman–Crippen MR) is 70.9 cm³/mol. The second-order valence-corrected chi connectivity index (χ2v) is 4.47. The number of benzene rings is 1. The molecular weight excluding hydrogens is 228 g/mol. The Hall–Kier alpha value is -1.84. The third-order valence-corrected chi connectivity index (χ3v) is 2.85. The van der Waals surface area contributed by atoms with Crippen LogP contribution in [-0.4, -0.2) is 11.8 Å². The van der Waals surface area contributed by atoms with Gasteiger partial charge in [0, 0.05) is 18.0 Å². The lowest BCUT2D eigenvalue weighted by Gasteiger charge is -2.11. The molecule has 0 aliphatic heterocycles. The van der Waals surface area contributed by atoms with Gasteiger partial charge < -0.3 is 11.1 Å². The van der Waals surface area contributed by atoms with Crippen LogP contribution < -0.4 is 11.1 Å². The highest BCUT2D eigenvalue weighted by Crippen LogP contribution is 2.07. The highest BCUT2D eigenvalue weighted by atomic mass is 16.2.